The van der Waals surface area contributed by atoms with Crippen LogP contribution in [0.1, 0.15) is 81.8 Å². The van der Waals surface area contributed by atoms with Gasteiger partial charge in [-0.1, -0.05) is 39.7 Å². The minimum absolute atomic E-state index is 0.0162. The molecule has 3 N–H and O–H groups in total. The number of benzene rings is 1. The van der Waals surface area contributed by atoms with E-state index >= 15 is 4.39 Å². The highest BCUT2D eigenvalue weighted by atomic mass is 19.1. The van der Waals surface area contributed by atoms with Crippen LogP contribution in [-0.4, -0.2) is 88.5 Å². The van der Waals surface area contributed by atoms with Crippen LogP contribution in [0.15, 0.2) is 30.5 Å². The van der Waals surface area contributed by atoms with E-state index in [0.29, 0.717) is 36.8 Å². The van der Waals surface area contributed by atoms with Gasteiger partial charge < -0.3 is 25.8 Å². The van der Waals surface area contributed by atoms with E-state index in [4.69, 9.17) is 0 Å². The van der Waals surface area contributed by atoms with Gasteiger partial charge in [0.15, 0.2) is 0 Å². The SMILES string of the molecule is CCC(=O)N[C@H](C(=O)N1CCN(C)CC1)[C@H](C)c1ccc(NC(=O)[C@@H](NC(=O)c2ccnn2CC)[C@H]2CC[C@H](C)CC2)c(F)c1. The van der Waals surface area contributed by atoms with Crippen molar-refractivity contribution >= 4 is 29.3 Å². The number of carbonyl (C=O) groups is 4. The Morgan fingerprint density at radius 3 is 2.31 bits per heavy atom. The highest BCUT2D eigenvalue weighted by Gasteiger charge is 2.35. The Morgan fingerprint density at radius 1 is 1.00 bits per heavy atom. The van der Waals surface area contributed by atoms with Crippen LogP contribution in [0.2, 0.25) is 0 Å². The monoisotopic (exact) mass is 625 g/mol. The summed E-state index contributed by atoms with van der Waals surface area (Å²) in [5.41, 5.74) is 0.866. The molecule has 0 unspecified atom stereocenters. The molecule has 12 heteroatoms. The van der Waals surface area contributed by atoms with Crippen molar-refractivity contribution in [1.29, 1.82) is 0 Å². The first-order chi connectivity index (χ1) is 21.5. The molecule has 45 heavy (non-hydrogen) atoms. The molecule has 2 heterocycles. The lowest BCUT2D eigenvalue weighted by molar-refractivity contribution is -0.138. The number of hydrogen-bond donors (Lipinski definition) is 3. The zero-order valence-electron chi connectivity index (χ0n) is 27.1. The average molecular weight is 626 g/mol. The Labute approximate surface area is 265 Å². The lowest BCUT2D eigenvalue weighted by Crippen LogP contribution is -2.55. The summed E-state index contributed by atoms with van der Waals surface area (Å²) >= 11 is 0. The van der Waals surface area contributed by atoms with Crippen molar-refractivity contribution in [3.8, 4) is 0 Å². The van der Waals surface area contributed by atoms with Crippen LogP contribution >= 0.6 is 0 Å². The molecule has 2 aromatic rings. The van der Waals surface area contributed by atoms with E-state index in [1.165, 1.54) is 12.1 Å². The lowest BCUT2D eigenvalue weighted by atomic mass is 9.79. The number of anilines is 1. The summed E-state index contributed by atoms with van der Waals surface area (Å²) in [5.74, 6) is -2.06. The van der Waals surface area contributed by atoms with Crippen LogP contribution in [0.3, 0.4) is 0 Å². The summed E-state index contributed by atoms with van der Waals surface area (Å²) in [7, 11) is 2.00. The molecule has 1 aliphatic carbocycles. The predicted molar refractivity (Wildman–Crippen MR) is 170 cm³/mol. The van der Waals surface area contributed by atoms with E-state index in [1.54, 1.807) is 41.8 Å². The smallest absolute Gasteiger partial charge is 0.270 e. The number of hydrogen-bond acceptors (Lipinski definition) is 6. The molecule has 0 bridgehead atoms. The Kier molecular flexibility index (Phi) is 11.7. The second kappa shape index (κ2) is 15.5. The van der Waals surface area contributed by atoms with Gasteiger partial charge in [-0.25, -0.2) is 4.39 Å². The fourth-order valence-electron chi connectivity index (χ4n) is 6.23. The summed E-state index contributed by atoms with van der Waals surface area (Å²) in [4.78, 5) is 56.7. The molecule has 2 aliphatic rings. The molecular weight excluding hydrogens is 577 g/mol. The minimum atomic E-state index is -0.856. The number of amides is 4. The number of aromatic nitrogens is 2. The fraction of sp³-hybridized carbons (Fsp3) is 0.606. The van der Waals surface area contributed by atoms with Gasteiger partial charge >= 0.3 is 0 Å². The van der Waals surface area contributed by atoms with E-state index in [2.05, 4.69) is 32.9 Å². The number of aryl methyl sites for hydroxylation is 1. The fourth-order valence-corrected chi connectivity index (χ4v) is 6.23. The third-order valence-electron chi connectivity index (χ3n) is 9.35. The topological polar surface area (TPSA) is 129 Å². The molecule has 1 aromatic heterocycles. The average Bonchev–Trinajstić information content (AvgIpc) is 3.53. The Morgan fingerprint density at radius 2 is 1.69 bits per heavy atom. The van der Waals surface area contributed by atoms with Crippen LogP contribution in [0, 0.1) is 17.7 Å². The molecule has 4 rings (SSSR count). The van der Waals surface area contributed by atoms with Crippen molar-refractivity contribution in [1.82, 2.24) is 30.2 Å². The molecule has 246 valence electrons. The largest absolute Gasteiger partial charge is 0.344 e. The van der Waals surface area contributed by atoms with Gasteiger partial charge in [0, 0.05) is 51.3 Å². The number of rotatable bonds is 11. The number of likely N-dealkylation sites (N-methyl/N-ethyl adjacent to an activating group) is 1. The van der Waals surface area contributed by atoms with Crippen molar-refractivity contribution in [2.24, 2.45) is 11.8 Å². The third kappa shape index (κ3) is 8.47. The maximum atomic E-state index is 15.6. The number of piperazine rings is 1. The molecule has 11 nitrogen and oxygen atoms in total. The van der Waals surface area contributed by atoms with Gasteiger partial charge in [0.25, 0.3) is 5.91 Å². The second-order valence-electron chi connectivity index (χ2n) is 12.5. The zero-order chi connectivity index (χ0) is 32.7. The van der Waals surface area contributed by atoms with Gasteiger partial charge in [-0.05, 0) is 62.4 Å². The number of nitrogens with zero attached hydrogens (tertiary/aromatic N) is 4. The second-order valence-corrected chi connectivity index (χ2v) is 12.5. The molecule has 1 saturated heterocycles. The van der Waals surface area contributed by atoms with Crippen molar-refractivity contribution in [2.75, 3.05) is 38.5 Å². The molecule has 3 atom stereocenters. The quantitative estimate of drug-likeness (QED) is 0.351. The first-order valence-corrected chi connectivity index (χ1v) is 16.2. The Balaban J connectivity index is 1.52. The zero-order valence-corrected chi connectivity index (χ0v) is 27.1. The Bertz CT molecular complexity index is 1350. The summed E-state index contributed by atoms with van der Waals surface area (Å²) in [6, 6.07) is 4.36. The minimum Gasteiger partial charge on any atom is -0.344 e. The van der Waals surface area contributed by atoms with Gasteiger partial charge in [-0.2, -0.15) is 5.10 Å². The molecule has 1 aromatic carbocycles. The summed E-state index contributed by atoms with van der Waals surface area (Å²) in [5, 5.41) is 12.6. The van der Waals surface area contributed by atoms with Crippen LogP contribution in [0.4, 0.5) is 10.1 Å². The highest BCUT2D eigenvalue weighted by Crippen LogP contribution is 2.32. The van der Waals surface area contributed by atoms with E-state index in [0.717, 1.165) is 38.8 Å². The van der Waals surface area contributed by atoms with Gasteiger partial charge in [0.05, 0.1) is 5.69 Å². The van der Waals surface area contributed by atoms with Gasteiger partial charge in [0.2, 0.25) is 17.7 Å². The third-order valence-corrected chi connectivity index (χ3v) is 9.35. The molecule has 0 radical (unpaired) electrons. The normalized spacial score (nSPS) is 21.0. The van der Waals surface area contributed by atoms with Gasteiger partial charge in [0.1, 0.15) is 23.6 Å². The Hall–Kier alpha value is -3.80. The van der Waals surface area contributed by atoms with Gasteiger partial charge in [-0.15, -0.1) is 0 Å². The number of nitrogens with one attached hydrogen (secondary N) is 3. The predicted octanol–water partition coefficient (Wildman–Crippen LogP) is 3.38. The first-order valence-electron chi connectivity index (χ1n) is 16.2. The molecular formula is C33H48FN7O4. The summed E-state index contributed by atoms with van der Waals surface area (Å²) in [6.07, 6.45) is 5.21. The van der Waals surface area contributed by atoms with E-state index in [9.17, 15) is 19.2 Å². The van der Waals surface area contributed by atoms with Crippen LogP contribution < -0.4 is 16.0 Å². The number of halogens is 1. The summed E-state index contributed by atoms with van der Waals surface area (Å²) < 4.78 is 17.2. The maximum absolute atomic E-state index is 15.6. The van der Waals surface area contributed by atoms with Crippen molar-refractivity contribution in [2.45, 2.75) is 84.3 Å². The highest BCUT2D eigenvalue weighted by molar-refractivity contribution is 6.00. The van der Waals surface area contributed by atoms with E-state index in [1.807, 2.05) is 14.0 Å². The number of carbonyl (C=O) groups excluding carboxylic acids is 4. The molecule has 1 saturated carbocycles. The van der Waals surface area contributed by atoms with Crippen LogP contribution in [0.5, 0.6) is 0 Å². The standard InChI is InChI=1S/C33H48FN7O4/c1-6-28(42)37-29(33(45)40-18-16-39(5)17-19-40)22(4)24-12-13-26(25(34)20-24)36-32(44)30(23-10-8-21(3)9-11-23)38-31(43)27-14-15-35-41(27)7-2/h12-15,20-23,29-30H,6-11,16-19H2,1-5H3,(H,36,44)(H,37,42)(H,38,43)/t21-,22-,23-,29+,30+/m1/s1. The molecule has 2 fully saturated rings. The van der Waals surface area contributed by atoms with Gasteiger partial charge in [-0.3, -0.25) is 23.9 Å². The molecule has 0 spiro atoms. The van der Waals surface area contributed by atoms with Crippen molar-refractivity contribution in [3.63, 3.8) is 0 Å². The maximum Gasteiger partial charge on any atom is 0.270 e. The van der Waals surface area contributed by atoms with Crippen LogP contribution in [0.25, 0.3) is 0 Å². The molecule has 4 amide bonds. The van der Waals surface area contributed by atoms with Crippen molar-refractivity contribution < 1.29 is 23.6 Å². The molecule has 1 aliphatic heterocycles. The summed E-state index contributed by atoms with van der Waals surface area (Å²) in [6.45, 7) is 10.7. The van der Waals surface area contributed by atoms with Crippen LogP contribution in [-0.2, 0) is 20.9 Å². The lowest BCUT2D eigenvalue weighted by Gasteiger charge is -2.36. The van der Waals surface area contributed by atoms with E-state index in [-0.39, 0.29) is 29.8 Å². The van der Waals surface area contributed by atoms with E-state index < -0.39 is 35.6 Å². The van der Waals surface area contributed by atoms with Crippen molar-refractivity contribution in [3.05, 3.63) is 47.5 Å². The first kappa shape index (κ1) is 34.1.